The van der Waals surface area contributed by atoms with Gasteiger partial charge in [0.25, 0.3) is 0 Å². The maximum absolute atomic E-state index is 11.9. The summed E-state index contributed by atoms with van der Waals surface area (Å²) in [5.74, 6) is 0. The first-order valence-corrected chi connectivity index (χ1v) is 26.9. The second-order valence-corrected chi connectivity index (χ2v) is 18.2. The van der Waals surface area contributed by atoms with Crippen molar-refractivity contribution in [1.29, 1.82) is 0 Å². The van der Waals surface area contributed by atoms with Crippen LogP contribution in [0.2, 0.25) is 0 Å². The molecule has 2 nitrogen and oxygen atoms in total. The molecule has 0 radical (unpaired) electrons. The molecule has 0 spiro atoms. The number of hydrogen-bond acceptors (Lipinski definition) is 0. The molecule has 0 amide bonds. The molecule has 1 heterocycles. The van der Waals surface area contributed by atoms with Crippen molar-refractivity contribution >= 4 is 11.4 Å². The summed E-state index contributed by atoms with van der Waals surface area (Å²) in [6, 6.07) is 17.8. The summed E-state index contributed by atoms with van der Waals surface area (Å²) in [4.78, 5) is 0. The monoisotopic (exact) mass is 955 g/mol. The van der Waals surface area contributed by atoms with Gasteiger partial charge in [-0.3, -0.25) is 0 Å². The SMILES string of the molecule is CCCC=CC1=C(c2cccc(CCCCCCCC)c2)[N+](=[N-])C(c2cccc(CCCCC)c2)=C1CCCC.[CH2-]CCCCCCCCCC.[CH2-]CCCCCCCCCC.[Pd+2]. The molecule has 360 valence electrons. The van der Waals surface area contributed by atoms with Gasteiger partial charge in [0.1, 0.15) is 0 Å². The third-order valence-electron chi connectivity index (χ3n) is 12.3. The van der Waals surface area contributed by atoms with E-state index in [1.54, 1.807) is 0 Å². The van der Waals surface area contributed by atoms with Crippen LogP contribution in [0.5, 0.6) is 0 Å². The molecule has 63 heavy (non-hydrogen) atoms. The summed E-state index contributed by atoms with van der Waals surface area (Å²) >= 11 is 0. The standard InChI is InChI=1S/C38H54N2.2C11H23.Pd/c1-5-9-13-14-15-18-22-32-24-20-26-34(30-32)38-36(28-17-11-7-3)35(27-12-8-4)37(40(38)39)33-25-19-23-31(29-33)21-16-10-6-2;2*1-3-5-7-9-11-10-8-6-4-2;/h17,19-20,23-26,28-30H,5-16,18,21-22,27H2,1-4H3;2*1,3-11H2,2H3;/q;2*-1;+2. The Hall–Kier alpha value is -2.08. The van der Waals surface area contributed by atoms with Crippen LogP contribution in [0.15, 0.2) is 71.8 Å². The number of allylic oxidation sites excluding steroid dienone is 4. The van der Waals surface area contributed by atoms with E-state index in [2.05, 4.69) is 116 Å². The Labute approximate surface area is 407 Å². The molecule has 1 aliphatic heterocycles. The first-order chi connectivity index (χ1) is 30.5. The van der Waals surface area contributed by atoms with E-state index in [1.165, 1.54) is 187 Å². The number of rotatable bonds is 35. The Morgan fingerprint density at radius 1 is 0.444 bits per heavy atom. The van der Waals surface area contributed by atoms with Gasteiger partial charge < -0.3 is 19.4 Å². The molecule has 0 fully saturated rings. The van der Waals surface area contributed by atoms with E-state index in [4.69, 9.17) is 0 Å². The average Bonchev–Trinajstić information content (AvgIpc) is 3.57. The molecule has 0 aromatic heterocycles. The van der Waals surface area contributed by atoms with E-state index in [1.807, 2.05) is 0 Å². The minimum Gasteiger partial charge on any atom is -0.493 e. The molecule has 3 rings (SSSR count). The number of benzene rings is 2. The molecule has 0 unspecified atom stereocenters. The molecule has 0 saturated heterocycles. The van der Waals surface area contributed by atoms with Gasteiger partial charge in [-0.05, 0) is 80.3 Å². The number of aryl methyl sites for hydroxylation is 2. The van der Waals surface area contributed by atoms with Crippen molar-refractivity contribution in [2.24, 2.45) is 0 Å². The zero-order chi connectivity index (χ0) is 45.3. The first-order valence-electron chi connectivity index (χ1n) is 26.9. The van der Waals surface area contributed by atoms with Crippen LogP contribution < -0.4 is 0 Å². The van der Waals surface area contributed by atoms with E-state index in [-0.39, 0.29) is 20.4 Å². The van der Waals surface area contributed by atoms with Crippen LogP contribution in [0.1, 0.15) is 269 Å². The third kappa shape index (κ3) is 28.5. The molecule has 0 bridgehead atoms. The van der Waals surface area contributed by atoms with Crippen molar-refractivity contribution in [3.63, 3.8) is 0 Å². The van der Waals surface area contributed by atoms with Crippen LogP contribution in [0, 0.1) is 13.8 Å². The van der Waals surface area contributed by atoms with Gasteiger partial charge in [0.05, 0.1) is 5.57 Å². The van der Waals surface area contributed by atoms with Crippen molar-refractivity contribution in [2.45, 2.75) is 260 Å². The Balaban J connectivity index is 0.00000137. The van der Waals surface area contributed by atoms with Crippen LogP contribution in [0.25, 0.3) is 16.9 Å². The van der Waals surface area contributed by atoms with Crippen molar-refractivity contribution in [2.75, 3.05) is 0 Å². The summed E-state index contributed by atoms with van der Waals surface area (Å²) in [6.07, 6.45) is 48.5. The zero-order valence-corrected chi connectivity index (χ0v) is 44.0. The van der Waals surface area contributed by atoms with E-state index >= 15 is 0 Å². The van der Waals surface area contributed by atoms with Crippen molar-refractivity contribution in [3.05, 3.63) is 113 Å². The smallest absolute Gasteiger partial charge is 0.493 e. The van der Waals surface area contributed by atoms with E-state index in [9.17, 15) is 5.53 Å². The number of nitrogens with zero attached hydrogens (tertiary/aromatic N) is 2. The second kappa shape index (κ2) is 43.8. The van der Waals surface area contributed by atoms with Gasteiger partial charge >= 0.3 is 20.4 Å². The van der Waals surface area contributed by atoms with Crippen LogP contribution in [0.3, 0.4) is 0 Å². The predicted octanol–water partition coefficient (Wildman–Crippen LogP) is 20.7. The fraction of sp³-hybridized carbons (Fsp3) is 0.667. The van der Waals surface area contributed by atoms with Crippen LogP contribution >= 0.6 is 0 Å². The second-order valence-electron chi connectivity index (χ2n) is 18.2. The van der Waals surface area contributed by atoms with E-state index in [0.29, 0.717) is 0 Å². The summed E-state index contributed by atoms with van der Waals surface area (Å²) in [6.45, 7) is 21.2. The minimum atomic E-state index is 0. The van der Waals surface area contributed by atoms with Crippen LogP contribution in [-0.4, -0.2) is 4.70 Å². The summed E-state index contributed by atoms with van der Waals surface area (Å²) < 4.78 is 1.52. The molecule has 2 aromatic rings. The Bertz CT molecular complexity index is 1430. The van der Waals surface area contributed by atoms with Gasteiger partial charge in [-0.25, -0.2) is 4.70 Å². The topological polar surface area (TPSA) is 25.3 Å². The van der Waals surface area contributed by atoms with Gasteiger partial charge in [0, 0.05) is 16.7 Å². The van der Waals surface area contributed by atoms with Gasteiger partial charge in [0.2, 0.25) is 11.4 Å². The summed E-state index contributed by atoms with van der Waals surface area (Å²) in [5, 5.41) is 0. The Kier molecular flexibility index (Phi) is 42.4. The van der Waals surface area contributed by atoms with Crippen molar-refractivity contribution < 1.29 is 25.1 Å². The predicted molar refractivity (Wildman–Crippen MR) is 279 cm³/mol. The summed E-state index contributed by atoms with van der Waals surface area (Å²) in [7, 11) is 0. The molecular weight excluding hydrogens is 855 g/mol. The molecule has 2 aromatic carbocycles. The Morgan fingerprint density at radius 3 is 1.25 bits per heavy atom. The maximum Gasteiger partial charge on any atom is 2.00 e. The number of unbranched alkanes of at least 4 members (excludes halogenated alkanes) is 25. The van der Waals surface area contributed by atoms with E-state index < -0.39 is 0 Å². The largest absolute Gasteiger partial charge is 2.00 e. The molecule has 3 heteroatoms. The fourth-order valence-electron chi connectivity index (χ4n) is 8.41. The fourth-order valence-corrected chi connectivity index (χ4v) is 8.41. The quantitative estimate of drug-likeness (QED) is 0.0285. The zero-order valence-electron chi connectivity index (χ0n) is 42.4. The Morgan fingerprint density at radius 2 is 0.825 bits per heavy atom. The van der Waals surface area contributed by atoms with Gasteiger partial charge in [-0.15, -0.1) is 0 Å². The molecular formula is C60H100N2Pd. The first kappa shape index (κ1) is 60.9. The minimum absolute atomic E-state index is 0. The molecule has 0 saturated carbocycles. The molecule has 0 aliphatic carbocycles. The molecule has 0 atom stereocenters. The van der Waals surface area contributed by atoms with Gasteiger partial charge in [0.15, 0.2) is 0 Å². The normalized spacial score (nSPS) is 12.4. The van der Waals surface area contributed by atoms with Crippen molar-refractivity contribution in [3.8, 4) is 0 Å². The van der Waals surface area contributed by atoms with Gasteiger partial charge in [-0.1, -0.05) is 238 Å². The van der Waals surface area contributed by atoms with E-state index in [0.717, 1.165) is 80.3 Å². The summed E-state index contributed by atoms with van der Waals surface area (Å²) in [5.41, 5.74) is 21.3. The van der Waals surface area contributed by atoms with Crippen LogP contribution in [0.4, 0.5) is 0 Å². The van der Waals surface area contributed by atoms with Gasteiger partial charge in [-0.2, -0.15) is 12.8 Å². The molecule has 1 aliphatic rings. The molecule has 0 N–H and O–H groups in total. The average molecular weight is 956 g/mol. The maximum atomic E-state index is 11.9. The number of hydrogen-bond donors (Lipinski definition) is 0. The van der Waals surface area contributed by atoms with Crippen LogP contribution in [-0.2, 0) is 33.3 Å². The van der Waals surface area contributed by atoms with Crippen molar-refractivity contribution in [1.82, 2.24) is 0 Å². The third-order valence-corrected chi connectivity index (χ3v) is 12.3.